The maximum atomic E-state index is 13.3. The number of hydrogen-bond acceptors (Lipinski definition) is 5. The van der Waals surface area contributed by atoms with Crippen LogP contribution in [0.3, 0.4) is 0 Å². The van der Waals surface area contributed by atoms with E-state index in [-0.39, 0.29) is 24.9 Å². The zero-order valence-corrected chi connectivity index (χ0v) is 18.9. The predicted molar refractivity (Wildman–Crippen MR) is 125 cm³/mol. The molecule has 172 valence electrons. The average Bonchev–Trinajstić information content (AvgIpc) is 2.76. The van der Waals surface area contributed by atoms with Crippen molar-refractivity contribution in [2.75, 3.05) is 41.2 Å². The van der Waals surface area contributed by atoms with Gasteiger partial charge in [0.05, 0.1) is 24.6 Å². The molecule has 0 aliphatic carbocycles. The van der Waals surface area contributed by atoms with Gasteiger partial charge in [0.15, 0.2) is 0 Å². The normalized spacial score (nSPS) is 10.2. The molecule has 2 rings (SSSR count). The van der Waals surface area contributed by atoms with E-state index in [4.69, 9.17) is 21.1 Å². The third kappa shape index (κ3) is 7.77. The fourth-order valence-electron chi connectivity index (χ4n) is 2.86. The summed E-state index contributed by atoms with van der Waals surface area (Å²) in [5.41, 5.74) is 3.05. The first kappa shape index (κ1) is 25.0. The van der Waals surface area contributed by atoms with Crippen LogP contribution in [0.25, 0.3) is 0 Å². The SMILES string of the molecule is C=C(CCl)CN(Cc1ccc(F)cc1)c1ccc(NC(=O)OCC)c(NC(=O)OCC)c1. The smallest absolute Gasteiger partial charge is 0.411 e. The van der Waals surface area contributed by atoms with Crippen molar-refractivity contribution in [3.63, 3.8) is 0 Å². The summed E-state index contributed by atoms with van der Waals surface area (Å²) < 4.78 is 23.2. The summed E-state index contributed by atoms with van der Waals surface area (Å²) in [5.74, 6) is -0.0446. The highest BCUT2D eigenvalue weighted by Crippen LogP contribution is 2.30. The highest BCUT2D eigenvalue weighted by atomic mass is 35.5. The van der Waals surface area contributed by atoms with Gasteiger partial charge in [0, 0.05) is 24.7 Å². The first-order valence-corrected chi connectivity index (χ1v) is 10.6. The molecule has 9 heteroatoms. The van der Waals surface area contributed by atoms with Crippen molar-refractivity contribution in [1.82, 2.24) is 0 Å². The van der Waals surface area contributed by atoms with Crippen molar-refractivity contribution in [1.29, 1.82) is 0 Å². The molecule has 2 aromatic carbocycles. The van der Waals surface area contributed by atoms with Crippen LogP contribution in [-0.4, -0.2) is 37.8 Å². The van der Waals surface area contributed by atoms with Crippen LogP contribution >= 0.6 is 11.6 Å². The third-order valence-corrected chi connectivity index (χ3v) is 4.66. The minimum absolute atomic E-state index is 0.193. The molecule has 0 aliphatic heterocycles. The van der Waals surface area contributed by atoms with Crippen LogP contribution in [0.15, 0.2) is 54.6 Å². The Labute approximate surface area is 192 Å². The Morgan fingerprint density at radius 2 is 1.59 bits per heavy atom. The Morgan fingerprint density at radius 3 is 2.16 bits per heavy atom. The molecule has 2 aromatic rings. The zero-order chi connectivity index (χ0) is 23.5. The van der Waals surface area contributed by atoms with Crippen molar-refractivity contribution >= 4 is 40.8 Å². The van der Waals surface area contributed by atoms with Crippen molar-refractivity contribution in [2.24, 2.45) is 0 Å². The molecule has 0 radical (unpaired) electrons. The van der Waals surface area contributed by atoms with Crippen molar-refractivity contribution < 1.29 is 23.5 Å². The standard InChI is InChI=1S/C23H27ClFN3O4/c1-4-31-22(29)26-20-11-10-19(12-21(20)27-23(30)32-5-2)28(14-16(3)13-24)15-17-6-8-18(25)9-7-17/h6-12H,3-5,13-15H2,1-2H3,(H,26,29)(H,27,30). The molecule has 0 fully saturated rings. The maximum absolute atomic E-state index is 13.3. The molecule has 0 spiro atoms. The molecule has 0 bridgehead atoms. The maximum Gasteiger partial charge on any atom is 0.411 e. The lowest BCUT2D eigenvalue weighted by atomic mass is 10.1. The minimum Gasteiger partial charge on any atom is -0.450 e. The molecule has 0 aliphatic rings. The number of carbonyl (C=O) groups excluding carboxylic acids is 2. The van der Waals surface area contributed by atoms with Crippen molar-refractivity contribution in [3.8, 4) is 0 Å². The van der Waals surface area contributed by atoms with Gasteiger partial charge in [0.25, 0.3) is 0 Å². The molecule has 0 saturated carbocycles. The summed E-state index contributed by atoms with van der Waals surface area (Å²) in [6, 6.07) is 11.3. The highest BCUT2D eigenvalue weighted by molar-refractivity contribution is 6.19. The number of ether oxygens (including phenoxy) is 2. The summed E-state index contributed by atoms with van der Waals surface area (Å²) >= 11 is 5.94. The van der Waals surface area contributed by atoms with Gasteiger partial charge in [-0.1, -0.05) is 18.7 Å². The van der Waals surface area contributed by atoms with Gasteiger partial charge in [-0.15, -0.1) is 11.6 Å². The summed E-state index contributed by atoms with van der Waals surface area (Å²) in [6.07, 6.45) is -1.31. The van der Waals surface area contributed by atoms with Crippen LogP contribution in [0.1, 0.15) is 19.4 Å². The number of amides is 2. The van der Waals surface area contributed by atoms with Crippen LogP contribution in [-0.2, 0) is 16.0 Å². The number of nitrogens with zero attached hydrogens (tertiary/aromatic N) is 1. The van der Waals surface area contributed by atoms with Gasteiger partial charge < -0.3 is 14.4 Å². The topological polar surface area (TPSA) is 79.9 Å². The fourth-order valence-corrected chi connectivity index (χ4v) is 2.94. The van der Waals surface area contributed by atoms with Crippen LogP contribution in [0.2, 0.25) is 0 Å². The summed E-state index contributed by atoms with van der Waals surface area (Å²) in [7, 11) is 0. The molecular weight excluding hydrogens is 437 g/mol. The van der Waals surface area contributed by atoms with Gasteiger partial charge in [-0.2, -0.15) is 0 Å². The largest absolute Gasteiger partial charge is 0.450 e. The molecule has 0 aromatic heterocycles. The lowest BCUT2D eigenvalue weighted by Crippen LogP contribution is -2.26. The Hall–Kier alpha value is -3.26. The number of anilines is 3. The Balaban J connectivity index is 2.39. The Kier molecular flexibility index (Phi) is 9.81. The van der Waals surface area contributed by atoms with Gasteiger partial charge in [-0.25, -0.2) is 14.0 Å². The molecule has 0 unspecified atom stereocenters. The van der Waals surface area contributed by atoms with E-state index in [1.165, 1.54) is 12.1 Å². The number of carbonyl (C=O) groups is 2. The molecule has 2 N–H and O–H groups in total. The van der Waals surface area contributed by atoms with Gasteiger partial charge >= 0.3 is 12.2 Å². The molecule has 0 saturated heterocycles. The van der Waals surface area contributed by atoms with E-state index in [9.17, 15) is 14.0 Å². The molecule has 2 amide bonds. The van der Waals surface area contributed by atoms with E-state index in [0.717, 1.165) is 16.8 Å². The molecule has 7 nitrogen and oxygen atoms in total. The number of nitrogens with one attached hydrogen (secondary N) is 2. The second-order valence-corrected chi connectivity index (χ2v) is 7.05. The van der Waals surface area contributed by atoms with Crippen LogP contribution in [0.5, 0.6) is 0 Å². The lowest BCUT2D eigenvalue weighted by Gasteiger charge is -2.27. The van der Waals surface area contributed by atoms with Gasteiger partial charge in [0.1, 0.15) is 5.82 Å². The van der Waals surface area contributed by atoms with Gasteiger partial charge in [-0.3, -0.25) is 10.6 Å². The second-order valence-electron chi connectivity index (χ2n) is 6.79. The molecular formula is C23H27ClFN3O4. The van der Waals surface area contributed by atoms with E-state index in [1.54, 1.807) is 44.2 Å². The second kappa shape index (κ2) is 12.6. The lowest BCUT2D eigenvalue weighted by molar-refractivity contribution is 0.166. The summed E-state index contributed by atoms with van der Waals surface area (Å²) in [6.45, 7) is 8.63. The van der Waals surface area contributed by atoms with E-state index >= 15 is 0 Å². The predicted octanol–water partition coefficient (Wildman–Crippen LogP) is 5.76. The first-order valence-electron chi connectivity index (χ1n) is 10.1. The van der Waals surface area contributed by atoms with E-state index < -0.39 is 12.2 Å². The third-order valence-electron chi connectivity index (χ3n) is 4.28. The minimum atomic E-state index is -0.660. The number of hydrogen-bond donors (Lipinski definition) is 2. The van der Waals surface area contributed by atoms with E-state index in [1.807, 2.05) is 4.90 Å². The summed E-state index contributed by atoms with van der Waals surface area (Å²) in [4.78, 5) is 25.9. The molecule has 32 heavy (non-hydrogen) atoms. The Bertz CT molecular complexity index is 937. The summed E-state index contributed by atoms with van der Waals surface area (Å²) in [5, 5.41) is 5.24. The van der Waals surface area contributed by atoms with Gasteiger partial charge in [-0.05, 0) is 55.3 Å². The average molecular weight is 464 g/mol. The van der Waals surface area contributed by atoms with Gasteiger partial charge in [0.2, 0.25) is 0 Å². The zero-order valence-electron chi connectivity index (χ0n) is 18.1. The van der Waals surface area contributed by atoms with E-state index in [2.05, 4.69) is 17.2 Å². The molecule has 0 heterocycles. The number of halogens is 2. The molecule has 0 atom stereocenters. The first-order chi connectivity index (χ1) is 15.4. The van der Waals surface area contributed by atoms with Crippen LogP contribution in [0, 0.1) is 5.82 Å². The van der Waals surface area contributed by atoms with Crippen molar-refractivity contribution in [3.05, 3.63) is 66.0 Å². The number of benzene rings is 2. The monoisotopic (exact) mass is 463 g/mol. The highest BCUT2D eigenvalue weighted by Gasteiger charge is 2.16. The number of alkyl halides is 1. The van der Waals surface area contributed by atoms with Crippen LogP contribution in [0.4, 0.5) is 31.0 Å². The van der Waals surface area contributed by atoms with Crippen molar-refractivity contribution in [2.45, 2.75) is 20.4 Å². The quantitative estimate of drug-likeness (QED) is 0.345. The van der Waals surface area contributed by atoms with Crippen LogP contribution < -0.4 is 15.5 Å². The number of rotatable bonds is 10. The van der Waals surface area contributed by atoms with E-state index in [0.29, 0.717) is 24.5 Å². The Morgan fingerprint density at radius 1 is 1.00 bits per heavy atom. The fraction of sp³-hybridized carbons (Fsp3) is 0.304.